The first-order chi connectivity index (χ1) is 7.65. The molecule has 0 spiro atoms. The predicted octanol–water partition coefficient (Wildman–Crippen LogP) is 2.96. The Morgan fingerprint density at radius 1 is 1.38 bits per heavy atom. The lowest BCUT2D eigenvalue weighted by Gasteiger charge is -2.28. The fraction of sp³-hybridized carbons (Fsp3) is 0.667. The minimum absolute atomic E-state index is 0.269. The van der Waals surface area contributed by atoms with Crippen molar-refractivity contribution in [2.75, 3.05) is 0 Å². The van der Waals surface area contributed by atoms with Gasteiger partial charge in [0.15, 0.2) is 4.67 Å². The van der Waals surface area contributed by atoms with E-state index in [0.29, 0.717) is 12.1 Å². The van der Waals surface area contributed by atoms with Crippen LogP contribution in [0, 0.1) is 0 Å². The lowest BCUT2D eigenvalue weighted by Crippen LogP contribution is -2.38. The molecule has 16 heavy (non-hydrogen) atoms. The Bertz CT molecular complexity index is 332. The van der Waals surface area contributed by atoms with Crippen molar-refractivity contribution < 1.29 is 4.42 Å². The van der Waals surface area contributed by atoms with Crippen molar-refractivity contribution in [1.82, 2.24) is 5.32 Å². The molecule has 1 aromatic heterocycles. The van der Waals surface area contributed by atoms with Gasteiger partial charge in [0.1, 0.15) is 5.76 Å². The lowest BCUT2D eigenvalue weighted by molar-refractivity contribution is 0.303. The molecule has 1 unspecified atom stereocenters. The molecular formula is C12H19BrN2O. The quantitative estimate of drug-likeness (QED) is 0.898. The van der Waals surface area contributed by atoms with Crippen LogP contribution in [0.15, 0.2) is 21.2 Å². The van der Waals surface area contributed by atoms with Gasteiger partial charge in [-0.05, 0) is 60.7 Å². The first-order valence-corrected chi connectivity index (χ1v) is 6.71. The number of nitrogens with two attached hydrogens (primary N) is 1. The molecule has 3 nitrogen and oxygen atoms in total. The van der Waals surface area contributed by atoms with Gasteiger partial charge in [0, 0.05) is 12.1 Å². The standard InChI is InChI=1S/C12H19BrN2O/c1-8(11-6-7-12(13)16-11)15-10-4-2-9(14)3-5-10/h6-10,15H,2-5,14H2,1H3. The van der Waals surface area contributed by atoms with E-state index in [1.165, 1.54) is 12.8 Å². The fourth-order valence-electron chi connectivity index (χ4n) is 2.28. The van der Waals surface area contributed by atoms with Crippen molar-refractivity contribution in [1.29, 1.82) is 0 Å². The topological polar surface area (TPSA) is 51.2 Å². The van der Waals surface area contributed by atoms with E-state index in [4.69, 9.17) is 10.2 Å². The highest BCUT2D eigenvalue weighted by Gasteiger charge is 2.21. The van der Waals surface area contributed by atoms with Gasteiger partial charge in [-0.25, -0.2) is 0 Å². The Kier molecular flexibility index (Phi) is 4.05. The lowest BCUT2D eigenvalue weighted by atomic mass is 9.91. The molecule has 1 heterocycles. The van der Waals surface area contributed by atoms with Gasteiger partial charge in [-0.2, -0.15) is 0 Å². The summed E-state index contributed by atoms with van der Waals surface area (Å²) >= 11 is 3.32. The third-order valence-corrected chi connectivity index (χ3v) is 3.70. The number of rotatable bonds is 3. The average Bonchev–Trinajstić information content (AvgIpc) is 2.68. The maximum absolute atomic E-state index is 5.89. The Hall–Kier alpha value is -0.320. The summed E-state index contributed by atoms with van der Waals surface area (Å²) in [5.74, 6) is 0.988. The van der Waals surface area contributed by atoms with Crippen LogP contribution in [0.1, 0.15) is 44.4 Å². The maximum Gasteiger partial charge on any atom is 0.169 e. The summed E-state index contributed by atoms with van der Waals surface area (Å²) in [7, 11) is 0. The maximum atomic E-state index is 5.89. The molecular weight excluding hydrogens is 268 g/mol. The number of nitrogens with one attached hydrogen (secondary N) is 1. The van der Waals surface area contributed by atoms with Crippen molar-refractivity contribution in [2.24, 2.45) is 5.73 Å². The van der Waals surface area contributed by atoms with Crippen LogP contribution in [-0.4, -0.2) is 12.1 Å². The first-order valence-electron chi connectivity index (χ1n) is 5.92. The molecule has 1 aliphatic rings. The third-order valence-electron chi connectivity index (χ3n) is 3.28. The molecule has 0 amide bonds. The molecule has 3 N–H and O–H groups in total. The van der Waals surface area contributed by atoms with Crippen molar-refractivity contribution in [3.05, 3.63) is 22.6 Å². The third kappa shape index (κ3) is 3.09. The van der Waals surface area contributed by atoms with E-state index in [9.17, 15) is 0 Å². The molecule has 1 atom stereocenters. The summed E-state index contributed by atoms with van der Waals surface area (Å²) < 4.78 is 6.33. The van der Waals surface area contributed by atoms with Gasteiger partial charge in [-0.1, -0.05) is 0 Å². The van der Waals surface area contributed by atoms with E-state index in [1.807, 2.05) is 12.1 Å². The van der Waals surface area contributed by atoms with Gasteiger partial charge < -0.3 is 15.5 Å². The molecule has 2 rings (SSSR count). The second-order valence-electron chi connectivity index (χ2n) is 4.64. The molecule has 0 radical (unpaired) electrons. The minimum Gasteiger partial charge on any atom is -0.453 e. The van der Waals surface area contributed by atoms with Crippen LogP contribution in [0.2, 0.25) is 0 Å². The van der Waals surface area contributed by atoms with Crippen LogP contribution in [0.3, 0.4) is 0 Å². The number of furan rings is 1. The molecule has 90 valence electrons. The van der Waals surface area contributed by atoms with Crippen LogP contribution in [0.4, 0.5) is 0 Å². The van der Waals surface area contributed by atoms with E-state index in [-0.39, 0.29) is 6.04 Å². The van der Waals surface area contributed by atoms with Crippen LogP contribution >= 0.6 is 15.9 Å². The van der Waals surface area contributed by atoms with Gasteiger partial charge in [0.2, 0.25) is 0 Å². The highest BCUT2D eigenvalue weighted by atomic mass is 79.9. The zero-order chi connectivity index (χ0) is 11.5. The van der Waals surface area contributed by atoms with Crippen molar-refractivity contribution in [3.8, 4) is 0 Å². The summed E-state index contributed by atoms with van der Waals surface area (Å²) in [4.78, 5) is 0. The summed E-state index contributed by atoms with van der Waals surface area (Å²) in [6.07, 6.45) is 4.61. The highest BCUT2D eigenvalue weighted by molar-refractivity contribution is 9.10. The van der Waals surface area contributed by atoms with Gasteiger partial charge >= 0.3 is 0 Å². The Labute approximate surface area is 105 Å². The molecule has 4 heteroatoms. The number of hydrogen-bond acceptors (Lipinski definition) is 3. The summed E-state index contributed by atoms with van der Waals surface area (Å²) in [5, 5.41) is 3.60. The van der Waals surface area contributed by atoms with E-state index in [0.717, 1.165) is 23.3 Å². The molecule has 0 saturated heterocycles. The van der Waals surface area contributed by atoms with Crippen LogP contribution in [0.25, 0.3) is 0 Å². The average molecular weight is 287 g/mol. The second kappa shape index (κ2) is 5.34. The van der Waals surface area contributed by atoms with Crippen molar-refractivity contribution >= 4 is 15.9 Å². The number of hydrogen-bond donors (Lipinski definition) is 2. The zero-order valence-corrected chi connectivity index (χ0v) is 11.2. The Balaban J connectivity index is 1.85. The van der Waals surface area contributed by atoms with E-state index < -0.39 is 0 Å². The summed E-state index contributed by atoms with van der Waals surface area (Å²) in [5.41, 5.74) is 5.89. The van der Waals surface area contributed by atoms with E-state index >= 15 is 0 Å². The molecule has 1 fully saturated rings. The van der Waals surface area contributed by atoms with E-state index in [2.05, 4.69) is 28.2 Å². The summed E-state index contributed by atoms with van der Waals surface area (Å²) in [6, 6.07) is 5.20. The second-order valence-corrected chi connectivity index (χ2v) is 5.42. The Morgan fingerprint density at radius 2 is 2.06 bits per heavy atom. The van der Waals surface area contributed by atoms with Gasteiger partial charge in [0.25, 0.3) is 0 Å². The monoisotopic (exact) mass is 286 g/mol. The van der Waals surface area contributed by atoms with Crippen LogP contribution in [-0.2, 0) is 0 Å². The van der Waals surface area contributed by atoms with Gasteiger partial charge in [0.05, 0.1) is 6.04 Å². The zero-order valence-electron chi connectivity index (χ0n) is 9.58. The molecule has 1 saturated carbocycles. The van der Waals surface area contributed by atoms with Gasteiger partial charge in [-0.15, -0.1) is 0 Å². The molecule has 1 aliphatic carbocycles. The largest absolute Gasteiger partial charge is 0.453 e. The van der Waals surface area contributed by atoms with Crippen LogP contribution < -0.4 is 11.1 Å². The smallest absolute Gasteiger partial charge is 0.169 e. The first kappa shape index (κ1) is 12.1. The minimum atomic E-state index is 0.269. The van der Waals surface area contributed by atoms with Crippen molar-refractivity contribution in [3.63, 3.8) is 0 Å². The number of halogens is 1. The van der Waals surface area contributed by atoms with Gasteiger partial charge in [-0.3, -0.25) is 0 Å². The predicted molar refractivity (Wildman–Crippen MR) is 68.2 cm³/mol. The molecule has 1 aromatic rings. The normalized spacial score (nSPS) is 27.9. The summed E-state index contributed by atoms with van der Waals surface area (Å²) in [6.45, 7) is 2.14. The Morgan fingerprint density at radius 3 is 2.62 bits per heavy atom. The van der Waals surface area contributed by atoms with Crippen molar-refractivity contribution in [2.45, 2.75) is 50.7 Å². The molecule has 0 bridgehead atoms. The molecule has 0 aromatic carbocycles. The van der Waals surface area contributed by atoms with E-state index in [1.54, 1.807) is 0 Å². The van der Waals surface area contributed by atoms with Crippen LogP contribution in [0.5, 0.6) is 0 Å². The molecule has 0 aliphatic heterocycles. The fourth-order valence-corrected chi connectivity index (χ4v) is 2.60. The SMILES string of the molecule is CC(NC1CCC(N)CC1)c1ccc(Br)o1. The highest BCUT2D eigenvalue weighted by Crippen LogP contribution is 2.23.